The highest BCUT2D eigenvalue weighted by molar-refractivity contribution is 6.21. The second-order valence-corrected chi connectivity index (χ2v) is 15.0. The lowest BCUT2D eigenvalue weighted by atomic mass is 9.81. The Bertz CT molecular complexity index is 2700. The molecule has 0 fully saturated rings. The summed E-state index contributed by atoms with van der Waals surface area (Å²) < 4.78 is 0. The standard InChI is InChI=1S/C48H36N2/c1-47(2)41-16-10-8-12-33(41)38-26-31(19-22-42(38)47)45-35-13-5-6-14-36(35)46(44-23-24-49-28-50-44)37-21-18-29(25-39(37)45)30-17-20-34-32-11-7-9-15-40(32)48(3,4)43(34)27-30/h5-28H,1-4H3. The number of hydrogen-bond donors (Lipinski definition) is 0. The summed E-state index contributed by atoms with van der Waals surface area (Å²) in [6, 6.07) is 49.9. The highest BCUT2D eigenvalue weighted by atomic mass is 14.8. The van der Waals surface area contributed by atoms with Crippen molar-refractivity contribution in [2.75, 3.05) is 0 Å². The normalized spacial score (nSPS) is 14.7. The molecular weight excluding hydrogens is 605 g/mol. The van der Waals surface area contributed by atoms with Crippen LogP contribution >= 0.6 is 0 Å². The largest absolute Gasteiger partial charge is 0.245 e. The number of rotatable bonds is 3. The molecule has 0 spiro atoms. The number of fused-ring (bicyclic) bond motifs is 8. The summed E-state index contributed by atoms with van der Waals surface area (Å²) >= 11 is 0. The van der Waals surface area contributed by atoms with E-state index in [1.54, 1.807) is 6.33 Å². The van der Waals surface area contributed by atoms with Crippen molar-refractivity contribution in [3.63, 3.8) is 0 Å². The van der Waals surface area contributed by atoms with Crippen molar-refractivity contribution in [2.24, 2.45) is 0 Å². The molecule has 2 heteroatoms. The van der Waals surface area contributed by atoms with E-state index < -0.39 is 0 Å². The van der Waals surface area contributed by atoms with Gasteiger partial charge in [0, 0.05) is 22.6 Å². The fraction of sp³-hybridized carbons (Fsp3) is 0.125. The molecule has 0 aliphatic heterocycles. The van der Waals surface area contributed by atoms with Crippen LogP contribution in [0.5, 0.6) is 0 Å². The topological polar surface area (TPSA) is 25.8 Å². The summed E-state index contributed by atoms with van der Waals surface area (Å²) in [5, 5.41) is 4.83. The molecule has 2 aliphatic carbocycles. The number of aromatic nitrogens is 2. The van der Waals surface area contributed by atoms with E-state index in [9.17, 15) is 0 Å². The van der Waals surface area contributed by atoms with Crippen LogP contribution in [0.2, 0.25) is 0 Å². The van der Waals surface area contributed by atoms with Crippen LogP contribution in [0.3, 0.4) is 0 Å². The number of benzene rings is 7. The van der Waals surface area contributed by atoms with Crippen molar-refractivity contribution >= 4 is 21.5 Å². The number of nitrogens with zero attached hydrogens (tertiary/aromatic N) is 2. The Balaban J connectivity index is 1.26. The minimum Gasteiger partial charge on any atom is -0.245 e. The smallest absolute Gasteiger partial charge is 0.116 e. The summed E-state index contributed by atoms with van der Waals surface area (Å²) in [6.07, 6.45) is 3.50. The minimum atomic E-state index is -0.0607. The van der Waals surface area contributed by atoms with Gasteiger partial charge in [0.2, 0.25) is 0 Å². The van der Waals surface area contributed by atoms with Crippen LogP contribution in [0, 0.1) is 0 Å². The molecule has 1 heterocycles. The van der Waals surface area contributed by atoms with Gasteiger partial charge < -0.3 is 0 Å². The first kappa shape index (κ1) is 29.1. The number of hydrogen-bond acceptors (Lipinski definition) is 2. The Labute approximate surface area is 293 Å². The van der Waals surface area contributed by atoms with Gasteiger partial charge in [-0.1, -0.05) is 137 Å². The Morgan fingerprint density at radius 2 is 0.960 bits per heavy atom. The maximum Gasteiger partial charge on any atom is 0.116 e. The van der Waals surface area contributed by atoms with Gasteiger partial charge in [0.1, 0.15) is 6.33 Å². The average Bonchev–Trinajstić information content (AvgIpc) is 3.53. The lowest BCUT2D eigenvalue weighted by Gasteiger charge is -2.22. The Kier molecular flexibility index (Phi) is 6.01. The highest BCUT2D eigenvalue weighted by Gasteiger charge is 2.36. The molecule has 0 radical (unpaired) electrons. The third-order valence-electron chi connectivity index (χ3n) is 11.7. The molecule has 0 unspecified atom stereocenters. The Morgan fingerprint density at radius 3 is 1.70 bits per heavy atom. The van der Waals surface area contributed by atoms with Crippen LogP contribution in [0.4, 0.5) is 0 Å². The minimum absolute atomic E-state index is 0.0420. The van der Waals surface area contributed by atoms with Gasteiger partial charge in [-0.2, -0.15) is 0 Å². The molecule has 2 nitrogen and oxygen atoms in total. The van der Waals surface area contributed by atoms with Gasteiger partial charge in [0.15, 0.2) is 0 Å². The van der Waals surface area contributed by atoms with Gasteiger partial charge in [0.05, 0.1) is 5.69 Å². The molecule has 0 atom stereocenters. The van der Waals surface area contributed by atoms with Crippen LogP contribution in [0.25, 0.3) is 77.3 Å². The van der Waals surface area contributed by atoms with Crippen molar-refractivity contribution < 1.29 is 0 Å². The van der Waals surface area contributed by atoms with E-state index in [0.29, 0.717) is 0 Å². The van der Waals surface area contributed by atoms with Gasteiger partial charge in [-0.3, -0.25) is 0 Å². The molecule has 50 heavy (non-hydrogen) atoms. The molecular formula is C48H36N2. The Morgan fingerprint density at radius 1 is 0.400 bits per heavy atom. The van der Waals surface area contributed by atoms with Crippen LogP contribution in [-0.2, 0) is 10.8 Å². The fourth-order valence-corrected chi connectivity index (χ4v) is 9.14. The second kappa shape index (κ2) is 10.3. The van der Waals surface area contributed by atoms with Crippen LogP contribution in [0.15, 0.2) is 146 Å². The van der Waals surface area contributed by atoms with Gasteiger partial charge in [-0.15, -0.1) is 0 Å². The molecule has 10 rings (SSSR count). The monoisotopic (exact) mass is 640 g/mol. The van der Waals surface area contributed by atoms with Crippen molar-refractivity contribution in [2.45, 2.75) is 38.5 Å². The summed E-state index contributed by atoms with van der Waals surface area (Å²) in [7, 11) is 0. The SMILES string of the molecule is CC1(C)c2ccccc2-c2cc(-c3c4ccccc4c(-c4ccncn4)c4ccc(-c5ccc6c(c5)C(C)(C)c5ccccc5-6)cc34)ccc21. The van der Waals surface area contributed by atoms with E-state index in [-0.39, 0.29) is 10.8 Å². The van der Waals surface area contributed by atoms with E-state index in [1.165, 1.54) is 88.3 Å². The van der Waals surface area contributed by atoms with Crippen molar-refractivity contribution in [3.05, 3.63) is 168 Å². The van der Waals surface area contributed by atoms with E-state index in [0.717, 1.165) is 11.3 Å². The maximum atomic E-state index is 4.78. The first-order chi connectivity index (χ1) is 24.3. The fourth-order valence-electron chi connectivity index (χ4n) is 9.14. The van der Waals surface area contributed by atoms with Gasteiger partial charge in [0.25, 0.3) is 0 Å². The molecule has 0 saturated heterocycles. The average molecular weight is 641 g/mol. The molecule has 7 aromatic carbocycles. The third-order valence-corrected chi connectivity index (χ3v) is 11.7. The van der Waals surface area contributed by atoms with E-state index in [4.69, 9.17) is 4.98 Å². The van der Waals surface area contributed by atoms with E-state index in [2.05, 4.69) is 160 Å². The summed E-state index contributed by atoms with van der Waals surface area (Å²) in [4.78, 5) is 9.04. The first-order valence-electron chi connectivity index (χ1n) is 17.6. The van der Waals surface area contributed by atoms with Crippen LogP contribution < -0.4 is 0 Å². The summed E-state index contributed by atoms with van der Waals surface area (Å²) in [5.41, 5.74) is 17.8. The predicted molar refractivity (Wildman–Crippen MR) is 208 cm³/mol. The summed E-state index contributed by atoms with van der Waals surface area (Å²) in [6.45, 7) is 9.41. The Hall–Kier alpha value is -5.86. The summed E-state index contributed by atoms with van der Waals surface area (Å²) in [5.74, 6) is 0. The molecule has 8 aromatic rings. The van der Waals surface area contributed by atoms with Crippen molar-refractivity contribution in [1.29, 1.82) is 0 Å². The zero-order valence-electron chi connectivity index (χ0n) is 28.8. The predicted octanol–water partition coefficient (Wildman–Crippen LogP) is 12.4. The molecule has 2 aliphatic rings. The first-order valence-corrected chi connectivity index (χ1v) is 17.6. The molecule has 0 saturated carbocycles. The van der Waals surface area contributed by atoms with Gasteiger partial charge >= 0.3 is 0 Å². The zero-order valence-corrected chi connectivity index (χ0v) is 28.8. The van der Waals surface area contributed by atoms with E-state index >= 15 is 0 Å². The molecule has 1 aromatic heterocycles. The zero-order chi connectivity index (χ0) is 33.8. The van der Waals surface area contributed by atoms with Crippen molar-refractivity contribution in [3.8, 4) is 55.8 Å². The molecule has 0 N–H and O–H groups in total. The maximum absolute atomic E-state index is 4.78. The highest BCUT2D eigenvalue weighted by Crippen LogP contribution is 2.52. The van der Waals surface area contributed by atoms with Crippen molar-refractivity contribution in [1.82, 2.24) is 9.97 Å². The van der Waals surface area contributed by atoms with Gasteiger partial charge in [-0.05, 0) is 113 Å². The third kappa shape index (κ3) is 3.96. The molecule has 0 amide bonds. The van der Waals surface area contributed by atoms with Gasteiger partial charge in [-0.25, -0.2) is 9.97 Å². The van der Waals surface area contributed by atoms with E-state index in [1.807, 2.05) is 12.3 Å². The quantitative estimate of drug-likeness (QED) is 0.180. The molecule has 238 valence electrons. The molecule has 0 bridgehead atoms. The van der Waals surface area contributed by atoms with Crippen LogP contribution in [0.1, 0.15) is 49.9 Å². The lowest BCUT2D eigenvalue weighted by molar-refractivity contribution is 0.660. The second-order valence-electron chi connectivity index (χ2n) is 15.0. The van der Waals surface area contributed by atoms with Crippen LogP contribution in [-0.4, -0.2) is 9.97 Å². The lowest BCUT2D eigenvalue weighted by Crippen LogP contribution is -2.14.